The molecule has 1 N–H and O–H groups in total. The zero-order chi connectivity index (χ0) is 9.94. The molecule has 0 bridgehead atoms. The second kappa shape index (κ2) is 10.1. The van der Waals surface area contributed by atoms with E-state index in [9.17, 15) is 0 Å². The van der Waals surface area contributed by atoms with Gasteiger partial charge in [0.1, 0.15) is 0 Å². The van der Waals surface area contributed by atoms with Gasteiger partial charge in [-0.15, -0.1) is 0 Å². The predicted molar refractivity (Wildman–Crippen MR) is 58.4 cm³/mol. The van der Waals surface area contributed by atoms with E-state index in [1.54, 1.807) is 7.11 Å². The van der Waals surface area contributed by atoms with Crippen LogP contribution in [-0.4, -0.2) is 55.7 Å². The largest absolute Gasteiger partial charge is 0.395 e. The minimum Gasteiger partial charge on any atom is -0.395 e. The SMILES string of the molecule is COCCN(C/C=C/CS)CCO. The van der Waals surface area contributed by atoms with E-state index in [1.165, 1.54) is 0 Å². The summed E-state index contributed by atoms with van der Waals surface area (Å²) in [6.45, 7) is 3.30. The minimum atomic E-state index is 0.193. The van der Waals surface area contributed by atoms with Gasteiger partial charge < -0.3 is 9.84 Å². The highest BCUT2D eigenvalue weighted by atomic mass is 32.1. The van der Waals surface area contributed by atoms with Crippen LogP contribution in [0, 0.1) is 0 Å². The molecule has 0 saturated carbocycles. The van der Waals surface area contributed by atoms with Gasteiger partial charge in [0.25, 0.3) is 0 Å². The minimum absolute atomic E-state index is 0.193. The van der Waals surface area contributed by atoms with Crippen LogP contribution in [0.25, 0.3) is 0 Å². The van der Waals surface area contributed by atoms with Crippen LogP contribution in [0.3, 0.4) is 0 Å². The molecule has 0 aromatic heterocycles. The highest BCUT2D eigenvalue weighted by Gasteiger charge is 2.00. The van der Waals surface area contributed by atoms with Crippen LogP contribution >= 0.6 is 12.6 Å². The average Bonchev–Trinajstić information content (AvgIpc) is 2.14. The average molecular weight is 205 g/mol. The Morgan fingerprint density at radius 2 is 2.15 bits per heavy atom. The molecule has 0 fully saturated rings. The maximum Gasteiger partial charge on any atom is 0.0589 e. The maximum absolute atomic E-state index is 8.77. The molecule has 0 unspecified atom stereocenters. The zero-order valence-corrected chi connectivity index (χ0v) is 9.04. The van der Waals surface area contributed by atoms with Crippen molar-refractivity contribution in [3.63, 3.8) is 0 Å². The van der Waals surface area contributed by atoms with Crippen LogP contribution in [-0.2, 0) is 4.74 Å². The standard InChI is InChI=1S/C9H19NO2S/c1-12-8-6-10(5-7-11)4-2-3-9-13/h2-3,11,13H,4-9H2,1H3/b3-2+. The molecule has 0 radical (unpaired) electrons. The molecule has 0 saturated heterocycles. The summed E-state index contributed by atoms with van der Waals surface area (Å²) >= 11 is 4.07. The number of nitrogens with zero attached hydrogens (tertiary/aromatic N) is 1. The first-order chi connectivity index (χ1) is 6.35. The first-order valence-corrected chi connectivity index (χ1v) is 5.06. The van der Waals surface area contributed by atoms with Crippen LogP contribution in [0.4, 0.5) is 0 Å². The predicted octanol–water partition coefficient (Wildman–Crippen LogP) is 0.413. The quantitative estimate of drug-likeness (QED) is 0.445. The number of aliphatic hydroxyl groups is 1. The van der Waals surface area contributed by atoms with Crippen molar-refractivity contribution < 1.29 is 9.84 Å². The summed E-state index contributed by atoms with van der Waals surface area (Å²) in [5.74, 6) is 0.761. The molecule has 0 amide bonds. The Bertz CT molecular complexity index is 131. The van der Waals surface area contributed by atoms with Crippen molar-refractivity contribution in [3.05, 3.63) is 12.2 Å². The van der Waals surface area contributed by atoms with E-state index in [2.05, 4.69) is 23.6 Å². The molecule has 4 heteroatoms. The summed E-state index contributed by atoms with van der Waals surface area (Å²) in [6, 6.07) is 0. The van der Waals surface area contributed by atoms with Crippen molar-refractivity contribution in [1.29, 1.82) is 0 Å². The van der Waals surface area contributed by atoms with Crippen LogP contribution in [0.2, 0.25) is 0 Å². The van der Waals surface area contributed by atoms with E-state index in [4.69, 9.17) is 9.84 Å². The van der Waals surface area contributed by atoms with E-state index in [0.717, 1.165) is 18.8 Å². The highest BCUT2D eigenvalue weighted by molar-refractivity contribution is 7.80. The Kier molecular flexibility index (Phi) is 10.0. The van der Waals surface area contributed by atoms with Gasteiger partial charge in [0.2, 0.25) is 0 Å². The van der Waals surface area contributed by atoms with Crippen LogP contribution in [0.5, 0.6) is 0 Å². The number of methoxy groups -OCH3 is 1. The molecule has 0 aromatic carbocycles. The van der Waals surface area contributed by atoms with Gasteiger partial charge in [-0.05, 0) is 0 Å². The molecule has 0 spiro atoms. The number of hydrogen-bond donors (Lipinski definition) is 2. The number of aliphatic hydroxyl groups excluding tert-OH is 1. The van der Waals surface area contributed by atoms with Crippen molar-refractivity contribution in [3.8, 4) is 0 Å². The summed E-state index contributed by atoms with van der Waals surface area (Å²) in [4.78, 5) is 2.13. The number of rotatable bonds is 8. The van der Waals surface area contributed by atoms with Gasteiger partial charge in [-0.3, -0.25) is 4.90 Å². The third kappa shape index (κ3) is 8.30. The summed E-state index contributed by atoms with van der Waals surface area (Å²) in [6.07, 6.45) is 4.05. The molecule has 0 aliphatic carbocycles. The van der Waals surface area contributed by atoms with E-state index in [1.807, 2.05) is 6.08 Å². The molecule has 3 nitrogen and oxygen atoms in total. The molecular weight excluding hydrogens is 186 g/mol. The molecular formula is C9H19NO2S. The topological polar surface area (TPSA) is 32.7 Å². The molecule has 13 heavy (non-hydrogen) atoms. The van der Waals surface area contributed by atoms with E-state index in [0.29, 0.717) is 13.2 Å². The fourth-order valence-electron chi connectivity index (χ4n) is 0.954. The van der Waals surface area contributed by atoms with Gasteiger partial charge in [-0.1, -0.05) is 12.2 Å². The van der Waals surface area contributed by atoms with Crippen molar-refractivity contribution >= 4 is 12.6 Å². The van der Waals surface area contributed by atoms with Crippen molar-refractivity contribution in [2.75, 3.05) is 45.7 Å². The molecule has 0 rings (SSSR count). The number of hydrogen-bond acceptors (Lipinski definition) is 4. The van der Waals surface area contributed by atoms with Crippen LogP contribution in [0.1, 0.15) is 0 Å². The third-order valence-corrected chi connectivity index (χ3v) is 1.87. The number of thiol groups is 1. The molecule has 0 aliphatic rings. The smallest absolute Gasteiger partial charge is 0.0589 e. The Labute approximate surface area is 85.8 Å². The highest BCUT2D eigenvalue weighted by Crippen LogP contribution is 1.89. The Balaban J connectivity index is 3.59. The lowest BCUT2D eigenvalue weighted by Crippen LogP contribution is -2.30. The van der Waals surface area contributed by atoms with E-state index < -0.39 is 0 Å². The van der Waals surface area contributed by atoms with Gasteiger partial charge in [-0.25, -0.2) is 0 Å². The first kappa shape index (κ1) is 13.0. The fraction of sp³-hybridized carbons (Fsp3) is 0.778. The van der Waals surface area contributed by atoms with Gasteiger partial charge in [-0.2, -0.15) is 12.6 Å². The second-order valence-corrected chi connectivity index (χ2v) is 3.04. The van der Waals surface area contributed by atoms with Crippen molar-refractivity contribution in [1.82, 2.24) is 4.90 Å². The monoisotopic (exact) mass is 205 g/mol. The van der Waals surface area contributed by atoms with Gasteiger partial charge in [0.05, 0.1) is 13.2 Å². The molecule has 0 aliphatic heterocycles. The lowest BCUT2D eigenvalue weighted by molar-refractivity contribution is 0.138. The lowest BCUT2D eigenvalue weighted by Gasteiger charge is -2.18. The Hall–Kier alpha value is -0.0300. The molecule has 0 heterocycles. The van der Waals surface area contributed by atoms with Gasteiger partial charge >= 0.3 is 0 Å². The zero-order valence-electron chi connectivity index (χ0n) is 8.15. The normalized spacial score (nSPS) is 11.7. The molecule has 0 atom stereocenters. The Morgan fingerprint density at radius 3 is 2.69 bits per heavy atom. The first-order valence-electron chi connectivity index (χ1n) is 4.43. The second-order valence-electron chi connectivity index (χ2n) is 2.67. The van der Waals surface area contributed by atoms with Crippen molar-refractivity contribution in [2.45, 2.75) is 0 Å². The summed E-state index contributed by atoms with van der Waals surface area (Å²) in [5, 5.41) is 8.77. The van der Waals surface area contributed by atoms with Crippen LogP contribution in [0.15, 0.2) is 12.2 Å². The lowest BCUT2D eigenvalue weighted by atomic mass is 10.4. The number of ether oxygens (including phenoxy) is 1. The maximum atomic E-state index is 8.77. The van der Waals surface area contributed by atoms with Gasteiger partial charge in [0.15, 0.2) is 0 Å². The van der Waals surface area contributed by atoms with Crippen LogP contribution < -0.4 is 0 Å². The van der Waals surface area contributed by atoms with Gasteiger partial charge in [0, 0.05) is 32.5 Å². The summed E-state index contributed by atoms with van der Waals surface area (Å²) < 4.78 is 4.96. The Morgan fingerprint density at radius 1 is 1.38 bits per heavy atom. The molecule has 78 valence electrons. The third-order valence-electron chi connectivity index (χ3n) is 1.66. The molecule has 0 aromatic rings. The summed E-state index contributed by atoms with van der Waals surface area (Å²) in [5.41, 5.74) is 0. The summed E-state index contributed by atoms with van der Waals surface area (Å²) in [7, 11) is 1.68. The fourth-order valence-corrected chi connectivity index (χ4v) is 1.10. The van der Waals surface area contributed by atoms with E-state index in [-0.39, 0.29) is 6.61 Å². The van der Waals surface area contributed by atoms with Crippen molar-refractivity contribution in [2.24, 2.45) is 0 Å². The van der Waals surface area contributed by atoms with E-state index >= 15 is 0 Å².